The van der Waals surface area contributed by atoms with Crippen molar-refractivity contribution in [3.05, 3.63) is 76.3 Å². The third kappa shape index (κ3) is 4.32. The van der Waals surface area contributed by atoms with E-state index >= 15 is 0 Å². The summed E-state index contributed by atoms with van der Waals surface area (Å²) in [5.74, 6) is -3.91. The molecule has 1 saturated carbocycles. The second-order valence-electron chi connectivity index (χ2n) is 15.1. The van der Waals surface area contributed by atoms with Gasteiger partial charge in [0.1, 0.15) is 17.3 Å². The number of likely N-dealkylation sites (tertiary alicyclic amines) is 1. The maximum absolute atomic E-state index is 14.9. The van der Waals surface area contributed by atoms with Crippen LogP contribution in [0.2, 0.25) is 5.02 Å². The van der Waals surface area contributed by atoms with Crippen LogP contribution >= 0.6 is 22.9 Å². The molecule has 9 nitrogen and oxygen atoms in total. The number of para-hydroxylation sites is 1. The Balaban J connectivity index is 1.25. The molecule has 1 N–H and O–H groups in total. The lowest BCUT2D eigenvalue weighted by Crippen LogP contribution is -2.49. The molecular weight excluding hydrogens is 660 g/mol. The van der Waals surface area contributed by atoms with Crippen molar-refractivity contribution >= 4 is 62.5 Å². The van der Waals surface area contributed by atoms with E-state index in [4.69, 9.17) is 16.7 Å². The molecule has 4 aliphatic rings. The average Bonchev–Trinajstić information content (AvgIpc) is 3.71. The van der Waals surface area contributed by atoms with E-state index in [2.05, 4.69) is 0 Å². The van der Waals surface area contributed by atoms with E-state index < -0.39 is 40.5 Å². The number of fused-ring (bicyclic) bond motifs is 5. The minimum Gasteiger partial charge on any atom is -0.508 e. The first kappa shape index (κ1) is 32.0. The highest BCUT2D eigenvalue weighted by molar-refractivity contribution is 7.22. The Morgan fingerprint density at radius 2 is 1.73 bits per heavy atom. The lowest BCUT2D eigenvalue weighted by atomic mass is 9.51. The Labute approximate surface area is 293 Å². The fraction of sp³-hybridized carbons (Fsp3) is 0.395. The number of thiophene rings is 1. The third-order valence-corrected chi connectivity index (χ3v) is 12.9. The number of phenolic OH excluding ortho intramolecular Hbond substituents is 1. The van der Waals surface area contributed by atoms with Crippen LogP contribution in [-0.2, 0) is 26.2 Å². The fourth-order valence-corrected chi connectivity index (χ4v) is 10.5. The van der Waals surface area contributed by atoms with Crippen LogP contribution in [0.1, 0.15) is 57.6 Å². The summed E-state index contributed by atoms with van der Waals surface area (Å²) >= 11 is 7.87. The summed E-state index contributed by atoms with van der Waals surface area (Å²) in [6, 6.07) is 14.4. The maximum Gasteiger partial charge on any atom is 0.242 e. The maximum atomic E-state index is 14.9. The van der Waals surface area contributed by atoms with Crippen molar-refractivity contribution in [3.8, 4) is 16.3 Å². The molecule has 0 spiro atoms. The van der Waals surface area contributed by atoms with Crippen LogP contribution in [0.5, 0.6) is 5.75 Å². The number of hydrogen-bond donors (Lipinski definition) is 1. The summed E-state index contributed by atoms with van der Waals surface area (Å²) < 4.78 is 2.63. The Morgan fingerprint density at radius 1 is 1.00 bits per heavy atom. The van der Waals surface area contributed by atoms with Gasteiger partial charge in [-0.3, -0.25) is 28.8 Å². The molecule has 6 atom stereocenters. The molecule has 8 rings (SSSR count). The summed E-state index contributed by atoms with van der Waals surface area (Å²) in [6.07, 6.45) is 2.60. The molecule has 0 bridgehead atoms. The molecule has 2 aliphatic heterocycles. The van der Waals surface area contributed by atoms with Crippen molar-refractivity contribution in [2.75, 3.05) is 4.90 Å². The zero-order valence-corrected chi connectivity index (χ0v) is 29.7. The lowest BCUT2D eigenvalue weighted by molar-refractivity contribution is -0.145. The SMILES string of the molecule is Cc1c(-c2cc(N3C(=O)C4CC5C(=CCC6C(=O)N(C(C)(C)C)C(=O)C65)C(c5ccccc5O)C4(C)C3=O)n(C)n2)sc2ccc(Cl)cc12. The van der Waals surface area contributed by atoms with Crippen LogP contribution in [0.25, 0.3) is 20.7 Å². The monoisotopic (exact) mass is 696 g/mol. The van der Waals surface area contributed by atoms with Gasteiger partial charge in [-0.15, -0.1) is 11.3 Å². The number of rotatable bonds is 3. The van der Waals surface area contributed by atoms with E-state index in [9.17, 15) is 24.3 Å². The molecule has 2 aliphatic carbocycles. The number of carbonyl (C=O) groups excluding carboxylic acids is 4. The molecule has 2 aromatic heterocycles. The molecule has 0 radical (unpaired) electrons. The van der Waals surface area contributed by atoms with Gasteiger partial charge in [0.25, 0.3) is 0 Å². The Hall–Kier alpha value is -4.28. The van der Waals surface area contributed by atoms with Gasteiger partial charge in [0, 0.05) is 39.9 Å². The number of halogens is 1. The van der Waals surface area contributed by atoms with Crippen molar-refractivity contribution in [3.63, 3.8) is 0 Å². The second-order valence-corrected chi connectivity index (χ2v) is 16.6. The van der Waals surface area contributed by atoms with Crippen LogP contribution in [0.4, 0.5) is 5.82 Å². The van der Waals surface area contributed by atoms with E-state index in [0.717, 1.165) is 26.1 Å². The quantitative estimate of drug-likeness (QED) is 0.182. The Morgan fingerprint density at radius 3 is 2.45 bits per heavy atom. The molecule has 4 aromatic rings. The van der Waals surface area contributed by atoms with E-state index in [1.165, 1.54) is 9.80 Å². The van der Waals surface area contributed by atoms with Gasteiger partial charge in [-0.2, -0.15) is 5.10 Å². The largest absolute Gasteiger partial charge is 0.508 e. The number of aromatic nitrogens is 2. The lowest BCUT2D eigenvalue weighted by Gasteiger charge is -2.49. The van der Waals surface area contributed by atoms with Crippen molar-refractivity contribution in [1.29, 1.82) is 0 Å². The number of hydrogen-bond acceptors (Lipinski definition) is 7. The summed E-state index contributed by atoms with van der Waals surface area (Å²) in [4.78, 5) is 61.0. The fourth-order valence-electron chi connectivity index (χ4n) is 9.19. The van der Waals surface area contributed by atoms with E-state index in [1.807, 2.05) is 65.0 Å². The van der Waals surface area contributed by atoms with E-state index in [1.54, 1.807) is 47.3 Å². The number of aryl methyl sites for hydroxylation is 2. The van der Waals surface area contributed by atoms with Gasteiger partial charge >= 0.3 is 0 Å². The molecule has 252 valence electrons. The highest BCUT2D eigenvalue weighted by atomic mass is 35.5. The summed E-state index contributed by atoms with van der Waals surface area (Å²) in [6.45, 7) is 9.39. The summed E-state index contributed by atoms with van der Waals surface area (Å²) in [7, 11) is 1.72. The van der Waals surface area contributed by atoms with Gasteiger partial charge in [0.05, 0.1) is 28.0 Å². The first-order valence-corrected chi connectivity index (χ1v) is 17.8. The Kier molecular flexibility index (Phi) is 6.92. The van der Waals surface area contributed by atoms with Gasteiger partial charge in [-0.1, -0.05) is 41.4 Å². The minimum absolute atomic E-state index is 0.0168. The molecule has 3 fully saturated rings. The molecule has 11 heteroatoms. The summed E-state index contributed by atoms with van der Waals surface area (Å²) in [5, 5.41) is 17.7. The van der Waals surface area contributed by atoms with Crippen molar-refractivity contribution < 1.29 is 24.3 Å². The molecule has 49 heavy (non-hydrogen) atoms. The van der Waals surface area contributed by atoms with Crippen LogP contribution in [0.15, 0.2) is 60.2 Å². The van der Waals surface area contributed by atoms with Gasteiger partial charge in [0.2, 0.25) is 23.6 Å². The summed E-state index contributed by atoms with van der Waals surface area (Å²) in [5.41, 5.74) is 1.06. The number of nitrogens with zero attached hydrogens (tertiary/aromatic N) is 4. The van der Waals surface area contributed by atoms with Crippen molar-refractivity contribution in [2.24, 2.45) is 36.1 Å². The van der Waals surface area contributed by atoms with Crippen molar-refractivity contribution in [1.82, 2.24) is 14.7 Å². The zero-order valence-electron chi connectivity index (χ0n) is 28.2. The number of anilines is 1. The third-order valence-electron chi connectivity index (χ3n) is 11.4. The highest BCUT2D eigenvalue weighted by Crippen LogP contribution is 2.64. The number of allylic oxidation sites excluding steroid dienone is 2. The zero-order chi connectivity index (χ0) is 34.9. The predicted molar refractivity (Wildman–Crippen MR) is 188 cm³/mol. The van der Waals surface area contributed by atoms with Crippen LogP contribution in [0, 0.1) is 36.0 Å². The normalized spacial score (nSPS) is 28.3. The molecule has 4 amide bonds. The van der Waals surface area contributed by atoms with Crippen molar-refractivity contribution in [2.45, 2.75) is 58.9 Å². The Bertz CT molecular complexity index is 2180. The van der Waals surface area contributed by atoms with Crippen LogP contribution in [-0.4, -0.2) is 49.0 Å². The predicted octanol–water partition coefficient (Wildman–Crippen LogP) is 7.00. The molecule has 6 unspecified atom stereocenters. The number of benzene rings is 2. The van der Waals surface area contributed by atoms with Crippen LogP contribution in [0.3, 0.4) is 0 Å². The second kappa shape index (κ2) is 10.6. The topological polar surface area (TPSA) is 113 Å². The van der Waals surface area contributed by atoms with E-state index in [0.29, 0.717) is 28.5 Å². The number of aromatic hydroxyl groups is 1. The van der Waals surface area contributed by atoms with Gasteiger partial charge < -0.3 is 5.11 Å². The first-order chi connectivity index (χ1) is 23.1. The first-order valence-electron chi connectivity index (χ1n) is 16.6. The molecule has 2 aromatic carbocycles. The molecular formula is C38H37ClN4O5S. The minimum atomic E-state index is -1.27. The van der Waals surface area contributed by atoms with Gasteiger partial charge in [-0.25, -0.2) is 4.90 Å². The van der Waals surface area contributed by atoms with E-state index in [-0.39, 0.29) is 35.8 Å². The van der Waals surface area contributed by atoms with Gasteiger partial charge in [-0.05, 0) is 88.6 Å². The molecule has 4 heterocycles. The number of amides is 4. The highest BCUT2D eigenvalue weighted by Gasteiger charge is 2.68. The average molecular weight is 697 g/mol. The standard InChI is InChI=1S/C38H37ClN4O5S/c1-18-23-15-19(39)11-14-28(23)49-32(18)26-17-29(41(6)40-26)42-34(46)25-16-24-20(12-13-22-30(24)35(47)43(33(22)45)37(2,3)4)31(38(25,5)36(42)48)21-9-7-8-10-27(21)44/h7-12,14-15,17,22,24-25,30-31,44H,13,16H2,1-6H3. The number of imide groups is 2. The molecule has 2 saturated heterocycles. The smallest absolute Gasteiger partial charge is 0.242 e. The van der Waals surface area contributed by atoms with Crippen LogP contribution < -0.4 is 4.90 Å². The number of carbonyl (C=O) groups is 4. The number of phenols is 1. The van der Waals surface area contributed by atoms with Gasteiger partial charge in [0.15, 0.2) is 0 Å².